The van der Waals surface area contributed by atoms with E-state index in [0.29, 0.717) is 11.5 Å². The molecule has 0 spiro atoms. The molecule has 1 aromatic carbocycles. The van der Waals surface area contributed by atoms with E-state index in [9.17, 15) is 4.79 Å². The Bertz CT molecular complexity index is 595. The molecule has 0 aliphatic rings. The van der Waals surface area contributed by atoms with Crippen LogP contribution in [0.5, 0.6) is 11.5 Å². The van der Waals surface area contributed by atoms with Crippen molar-refractivity contribution in [2.24, 2.45) is 0 Å². The summed E-state index contributed by atoms with van der Waals surface area (Å²) in [5, 5.41) is 3.85. The zero-order valence-electron chi connectivity index (χ0n) is 11.2. The van der Waals surface area contributed by atoms with Crippen LogP contribution in [0.4, 0.5) is 5.69 Å². The molecule has 0 aliphatic heterocycles. The van der Waals surface area contributed by atoms with Gasteiger partial charge in [0.2, 0.25) is 0 Å². The quantitative estimate of drug-likeness (QED) is 0.678. The standard InChI is InChI=1S/C14H15NO4S/c1-17-12-5-10(11(15)6-13(12)18-2)14(16)19-7-9-3-4-20-8-9/h3-6,8H,7,15H2,1-2H3. The molecule has 0 bridgehead atoms. The second-order valence-electron chi connectivity index (χ2n) is 4.00. The van der Waals surface area contributed by atoms with Gasteiger partial charge in [0.1, 0.15) is 6.61 Å². The van der Waals surface area contributed by atoms with E-state index in [1.54, 1.807) is 17.4 Å². The number of esters is 1. The third kappa shape index (κ3) is 3.03. The van der Waals surface area contributed by atoms with E-state index in [1.807, 2.05) is 16.8 Å². The zero-order chi connectivity index (χ0) is 14.5. The third-order valence-electron chi connectivity index (χ3n) is 2.73. The molecule has 6 heteroatoms. The third-order valence-corrected chi connectivity index (χ3v) is 3.46. The van der Waals surface area contributed by atoms with Gasteiger partial charge in [0, 0.05) is 17.7 Å². The highest BCUT2D eigenvalue weighted by Crippen LogP contribution is 2.32. The maximum absolute atomic E-state index is 12.0. The van der Waals surface area contributed by atoms with E-state index in [1.165, 1.54) is 20.3 Å². The van der Waals surface area contributed by atoms with Crippen LogP contribution in [0.15, 0.2) is 29.0 Å². The molecule has 0 unspecified atom stereocenters. The predicted molar refractivity (Wildman–Crippen MR) is 77.4 cm³/mol. The molecular formula is C14H15NO4S. The second-order valence-corrected chi connectivity index (χ2v) is 4.78. The molecule has 1 aromatic heterocycles. The molecule has 2 rings (SSSR count). The molecule has 20 heavy (non-hydrogen) atoms. The van der Waals surface area contributed by atoms with Crippen molar-refractivity contribution in [2.45, 2.75) is 6.61 Å². The Morgan fingerprint density at radius 1 is 1.25 bits per heavy atom. The first-order valence-corrected chi connectivity index (χ1v) is 6.79. The summed E-state index contributed by atoms with van der Waals surface area (Å²) in [6.07, 6.45) is 0. The van der Waals surface area contributed by atoms with Crippen LogP contribution in [0.25, 0.3) is 0 Å². The Balaban J connectivity index is 2.16. The van der Waals surface area contributed by atoms with Gasteiger partial charge in [-0.25, -0.2) is 4.79 Å². The van der Waals surface area contributed by atoms with Crippen LogP contribution in [0.2, 0.25) is 0 Å². The van der Waals surface area contributed by atoms with Crippen molar-refractivity contribution in [1.29, 1.82) is 0 Å². The number of carbonyl (C=O) groups is 1. The number of nitrogens with two attached hydrogens (primary N) is 1. The van der Waals surface area contributed by atoms with E-state index in [2.05, 4.69) is 0 Å². The van der Waals surface area contributed by atoms with Crippen molar-refractivity contribution < 1.29 is 19.0 Å². The number of methoxy groups -OCH3 is 2. The number of anilines is 1. The minimum absolute atomic E-state index is 0.218. The van der Waals surface area contributed by atoms with Gasteiger partial charge in [0.15, 0.2) is 11.5 Å². The summed E-state index contributed by atoms with van der Waals surface area (Å²) in [4.78, 5) is 12.0. The minimum atomic E-state index is -0.491. The fraction of sp³-hybridized carbons (Fsp3) is 0.214. The Morgan fingerprint density at radius 3 is 2.55 bits per heavy atom. The maximum atomic E-state index is 12.0. The van der Waals surface area contributed by atoms with Gasteiger partial charge in [-0.1, -0.05) is 0 Å². The maximum Gasteiger partial charge on any atom is 0.340 e. The van der Waals surface area contributed by atoms with Crippen LogP contribution in [0, 0.1) is 0 Å². The molecule has 0 saturated carbocycles. The molecule has 0 amide bonds. The highest BCUT2D eigenvalue weighted by atomic mass is 32.1. The summed E-state index contributed by atoms with van der Waals surface area (Å²) in [6.45, 7) is 0.218. The molecule has 0 aliphatic carbocycles. The lowest BCUT2D eigenvalue weighted by atomic mass is 10.1. The molecule has 2 aromatic rings. The van der Waals surface area contributed by atoms with Gasteiger partial charge in [0.25, 0.3) is 0 Å². The first-order valence-electron chi connectivity index (χ1n) is 5.85. The minimum Gasteiger partial charge on any atom is -0.493 e. The average molecular weight is 293 g/mol. The number of benzene rings is 1. The fourth-order valence-corrected chi connectivity index (χ4v) is 2.33. The van der Waals surface area contributed by atoms with E-state index >= 15 is 0 Å². The largest absolute Gasteiger partial charge is 0.493 e. The first-order chi connectivity index (χ1) is 9.65. The van der Waals surface area contributed by atoms with Crippen molar-refractivity contribution in [1.82, 2.24) is 0 Å². The summed E-state index contributed by atoms with van der Waals surface area (Å²) < 4.78 is 15.5. The average Bonchev–Trinajstić information content (AvgIpc) is 2.97. The van der Waals surface area contributed by atoms with Gasteiger partial charge in [-0.3, -0.25) is 0 Å². The Hall–Kier alpha value is -2.21. The lowest BCUT2D eigenvalue weighted by Gasteiger charge is -2.12. The van der Waals surface area contributed by atoms with E-state index in [4.69, 9.17) is 19.9 Å². The van der Waals surface area contributed by atoms with Crippen LogP contribution in [0.1, 0.15) is 15.9 Å². The SMILES string of the molecule is COc1cc(N)c(C(=O)OCc2ccsc2)cc1OC. The fourth-order valence-electron chi connectivity index (χ4n) is 1.67. The van der Waals surface area contributed by atoms with Crippen molar-refractivity contribution in [2.75, 3.05) is 20.0 Å². The van der Waals surface area contributed by atoms with Crippen LogP contribution in [0.3, 0.4) is 0 Å². The molecule has 0 radical (unpaired) electrons. The van der Waals surface area contributed by atoms with Crippen molar-refractivity contribution in [3.63, 3.8) is 0 Å². The zero-order valence-corrected chi connectivity index (χ0v) is 12.0. The molecule has 106 valence electrons. The number of ether oxygens (including phenoxy) is 3. The van der Waals surface area contributed by atoms with E-state index < -0.39 is 5.97 Å². The lowest BCUT2D eigenvalue weighted by Crippen LogP contribution is -2.09. The number of hydrogen-bond donors (Lipinski definition) is 1. The summed E-state index contributed by atoms with van der Waals surface area (Å²) in [7, 11) is 3.00. The highest BCUT2D eigenvalue weighted by molar-refractivity contribution is 7.07. The van der Waals surface area contributed by atoms with Gasteiger partial charge < -0.3 is 19.9 Å². The normalized spacial score (nSPS) is 10.1. The number of hydrogen-bond acceptors (Lipinski definition) is 6. The van der Waals surface area contributed by atoms with E-state index in [0.717, 1.165) is 5.56 Å². The molecule has 5 nitrogen and oxygen atoms in total. The Morgan fingerprint density at radius 2 is 1.95 bits per heavy atom. The number of carbonyl (C=O) groups excluding carboxylic acids is 1. The second kappa shape index (κ2) is 6.29. The molecule has 1 heterocycles. The molecule has 0 saturated heterocycles. The molecule has 0 fully saturated rings. The van der Waals surface area contributed by atoms with Crippen molar-refractivity contribution in [3.8, 4) is 11.5 Å². The predicted octanol–water partition coefficient (Wildman–Crippen LogP) is 2.70. The Labute approximate surface area is 120 Å². The smallest absolute Gasteiger partial charge is 0.340 e. The van der Waals surface area contributed by atoms with Crippen LogP contribution in [-0.4, -0.2) is 20.2 Å². The van der Waals surface area contributed by atoms with Crippen LogP contribution >= 0.6 is 11.3 Å². The first kappa shape index (κ1) is 14.2. The molecule has 0 atom stereocenters. The summed E-state index contributed by atoms with van der Waals surface area (Å²) in [5.41, 5.74) is 7.33. The Kier molecular flexibility index (Phi) is 4.47. The van der Waals surface area contributed by atoms with Gasteiger partial charge in [-0.05, 0) is 16.8 Å². The van der Waals surface area contributed by atoms with E-state index in [-0.39, 0.29) is 17.9 Å². The van der Waals surface area contributed by atoms with Crippen molar-refractivity contribution >= 4 is 23.0 Å². The topological polar surface area (TPSA) is 70.8 Å². The number of thiophene rings is 1. The lowest BCUT2D eigenvalue weighted by molar-refractivity contribution is 0.0474. The molecule has 2 N–H and O–H groups in total. The summed E-state index contributed by atoms with van der Waals surface area (Å²) >= 11 is 1.55. The van der Waals surface area contributed by atoms with Gasteiger partial charge in [-0.15, -0.1) is 0 Å². The van der Waals surface area contributed by atoms with Crippen molar-refractivity contribution in [3.05, 3.63) is 40.1 Å². The summed E-state index contributed by atoms with van der Waals surface area (Å²) in [5.74, 6) is 0.415. The van der Waals surface area contributed by atoms with Gasteiger partial charge in [-0.2, -0.15) is 11.3 Å². The van der Waals surface area contributed by atoms with Gasteiger partial charge >= 0.3 is 5.97 Å². The number of rotatable bonds is 5. The monoisotopic (exact) mass is 293 g/mol. The highest BCUT2D eigenvalue weighted by Gasteiger charge is 2.16. The summed E-state index contributed by atoms with van der Waals surface area (Å²) in [6, 6.07) is 4.96. The molecular weight excluding hydrogens is 278 g/mol. The van der Waals surface area contributed by atoms with Gasteiger partial charge in [0.05, 0.1) is 25.5 Å². The van der Waals surface area contributed by atoms with Crippen LogP contribution in [-0.2, 0) is 11.3 Å². The number of nitrogen functional groups attached to an aromatic ring is 1. The van der Waals surface area contributed by atoms with Crippen LogP contribution < -0.4 is 15.2 Å².